The van der Waals surface area contributed by atoms with Crippen molar-refractivity contribution < 1.29 is 46.3 Å². The Labute approximate surface area is 324 Å². The number of ether oxygens (including phenoxy) is 2. The Morgan fingerprint density at radius 1 is 1.04 bits per heavy atom. The monoisotopic (exact) mass is 801 g/mol. The summed E-state index contributed by atoms with van der Waals surface area (Å²) in [5, 5.41) is 5.72. The number of hydrogen-bond acceptors (Lipinski definition) is 9. The summed E-state index contributed by atoms with van der Waals surface area (Å²) in [6.07, 6.45) is 3.81. The highest BCUT2D eigenvalue weighted by molar-refractivity contribution is 7.90. The molecule has 17 heteroatoms. The minimum Gasteiger partial charge on any atom is -0.444 e. The maximum Gasteiger partial charge on any atom is 0.410 e. The lowest BCUT2D eigenvalue weighted by molar-refractivity contribution is -0.141. The lowest BCUT2D eigenvalue weighted by Gasteiger charge is -2.30. The number of hydrogen-bond donors (Lipinski definition) is 3. The first-order valence-corrected chi connectivity index (χ1v) is 20.2. The van der Waals surface area contributed by atoms with Crippen LogP contribution in [0.5, 0.6) is 0 Å². The molecule has 1 aliphatic carbocycles. The molecule has 3 aliphatic heterocycles. The molecule has 3 heterocycles. The molecular weight excluding hydrogens is 757 g/mol. The number of nitrogens with zero attached hydrogens (tertiary/aromatic N) is 2. The number of fused-ring (bicyclic) bond motifs is 3. The van der Waals surface area contributed by atoms with Crippen molar-refractivity contribution in [1.29, 1.82) is 0 Å². The van der Waals surface area contributed by atoms with Gasteiger partial charge in [0.25, 0.3) is 15.9 Å². The Hall–Kier alpha value is -4.70. The second kappa shape index (κ2) is 15.8. The van der Waals surface area contributed by atoms with E-state index in [-0.39, 0.29) is 43.8 Å². The van der Waals surface area contributed by atoms with Crippen molar-refractivity contribution in [2.45, 2.75) is 113 Å². The molecule has 1 saturated carbocycles. The van der Waals surface area contributed by atoms with E-state index in [4.69, 9.17) is 21.1 Å². The number of sulfonamides is 1. The number of alkyl carbamates (subject to hydrolysis) is 1. The number of amides is 5. The van der Waals surface area contributed by atoms with Gasteiger partial charge in [-0.25, -0.2) is 27.1 Å². The third-order valence-corrected chi connectivity index (χ3v) is 11.7. The molecular formula is C38H45ClFN5O9S. The van der Waals surface area contributed by atoms with Gasteiger partial charge in [-0.15, -0.1) is 0 Å². The smallest absolute Gasteiger partial charge is 0.410 e. The average Bonchev–Trinajstić information content (AvgIpc) is 3.40. The molecule has 0 aromatic heterocycles. The van der Waals surface area contributed by atoms with Gasteiger partial charge in [-0.3, -0.25) is 19.3 Å². The molecule has 6 rings (SSSR count). The quantitative estimate of drug-likeness (QED) is 0.362. The van der Waals surface area contributed by atoms with Gasteiger partial charge in [0.05, 0.1) is 18.0 Å². The number of halogens is 2. The fraction of sp³-hybridized carbons (Fsp3) is 0.500. The number of benzene rings is 2. The normalized spacial score (nSPS) is 25.7. The van der Waals surface area contributed by atoms with Crippen LogP contribution in [-0.4, -0.2) is 84.0 Å². The van der Waals surface area contributed by atoms with Crippen molar-refractivity contribution in [3.05, 3.63) is 76.6 Å². The second-order valence-corrected chi connectivity index (χ2v) is 17.5. The van der Waals surface area contributed by atoms with Crippen LogP contribution in [0.15, 0.2) is 59.5 Å². The van der Waals surface area contributed by atoms with Gasteiger partial charge in [0.15, 0.2) is 0 Å². The molecule has 1 saturated heterocycles. The lowest BCUT2D eigenvalue weighted by Crippen LogP contribution is -2.58. The summed E-state index contributed by atoms with van der Waals surface area (Å²) in [4.78, 5) is 71.2. The standard InChI is InChI=1S/C38H45ClFN5O9S/c1-37(2,3)54-35(49)41-30-13-8-6-4-5-7-11-24-19-38(24,34(48)43-55(51,52)27-16-14-25(39)15-17-27)42-32(46)31-18-26(21-45(31)33(30)47)53-36(50)44-20-23-10-9-12-29(40)28(23)22-44/h7,9-12,14-17,24,26,30-31H,4-6,8,13,18-22H2,1-3H3,(H,41,49)(H,42,46)(H,43,48)/t24-,26-,30+,31+,38-/m1/s1. The van der Waals surface area contributed by atoms with Gasteiger partial charge in [0, 0.05) is 29.5 Å². The zero-order valence-corrected chi connectivity index (χ0v) is 32.4. The predicted octanol–water partition coefficient (Wildman–Crippen LogP) is 4.69. The maximum absolute atomic E-state index is 14.4. The second-order valence-electron chi connectivity index (χ2n) is 15.4. The average molecular weight is 802 g/mol. The van der Waals surface area contributed by atoms with Crippen LogP contribution >= 0.6 is 11.6 Å². The number of rotatable bonds is 5. The predicted molar refractivity (Wildman–Crippen MR) is 197 cm³/mol. The van der Waals surface area contributed by atoms with Crippen LogP contribution in [0, 0.1) is 11.7 Å². The Balaban J connectivity index is 1.26. The molecule has 5 atom stereocenters. The highest BCUT2D eigenvalue weighted by atomic mass is 35.5. The van der Waals surface area contributed by atoms with Gasteiger partial charge in [-0.2, -0.15) is 0 Å². The molecule has 55 heavy (non-hydrogen) atoms. The number of carbonyl (C=O) groups excluding carboxylic acids is 5. The van der Waals surface area contributed by atoms with E-state index < -0.39 is 81.0 Å². The summed E-state index contributed by atoms with van der Waals surface area (Å²) in [7, 11) is -4.37. The minimum atomic E-state index is -4.37. The molecule has 14 nitrogen and oxygen atoms in total. The molecule has 5 amide bonds. The van der Waals surface area contributed by atoms with Crippen LogP contribution < -0.4 is 15.4 Å². The van der Waals surface area contributed by atoms with Crippen LogP contribution in [0.2, 0.25) is 5.02 Å². The zero-order valence-electron chi connectivity index (χ0n) is 30.8. The van der Waals surface area contributed by atoms with Crippen molar-refractivity contribution in [3.63, 3.8) is 0 Å². The summed E-state index contributed by atoms with van der Waals surface area (Å²) in [6.45, 7) is 4.92. The first kappa shape index (κ1) is 40.0. The van der Waals surface area contributed by atoms with E-state index in [1.807, 2.05) is 6.08 Å². The van der Waals surface area contributed by atoms with Gasteiger partial charge in [-0.05, 0) is 82.3 Å². The highest BCUT2D eigenvalue weighted by Gasteiger charge is 2.61. The van der Waals surface area contributed by atoms with Gasteiger partial charge in [0.1, 0.15) is 35.1 Å². The lowest BCUT2D eigenvalue weighted by atomic mass is 10.0. The van der Waals surface area contributed by atoms with E-state index in [0.29, 0.717) is 35.4 Å². The van der Waals surface area contributed by atoms with Crippen LogP contribution in [-0.2, 0) is 47.0 Å². The van der Waals surface area contributed by atoms with Gasteiger partial charge < -0.3 is 25.0 Å². The first-order valence-electron chi connectivity index (χ1n) is 18.3. The molecule has 0 radical (unpaired) electrons. The van der Waals surface area contributed by atoms with E-state index in [1.54, 1.807) is 39.0 Å². The molecule has 2 aromatic rings. The van der Waals surface area contributed by atoms with Crippen molar-refractivity contribution in [2.24, 2.45) is 5.92 Å². The Bertz CT molecular complexity index is 1990. The number of nitrogens with one attached hydrogen (secondary N) is 3. The van der Waals surface area contributed by atoms with Crippen LogP contribution in [0.3, 0.4) is 0 Å². The summed E-state index contributed by atoms with van der Waals surface area (Å²) in [5.41, 5.74) is -1.52. The topological polar surface area (TPSA) is 181 Å². The third-order valence-electron chi connectivity index (χ3n) is 10.1. The maximum atomic E-state index is 14.4. The van der Waals surface area contributed by atoms with E-state index in [2.05, 4.69) is 15.4 Å². The van der Waals surface area contributed by atoms with Crippen LogP contribution in [0.4, 0.5) is 14.0 Å². The van der Waals surface area contributed by atoms with Crippen LogP contribution in [0.25, 0.3) is 0 Å². The molecule has 0 unspecified atom stereocenters. The summed E-state index contributed by atoms with van der Waals surface area (Å²) < 4.78 is 54.3. The van der Waals surface area contributed by atoms with Gasteiger partial charge >= 0.3 is 12.2 Å². The number of allylic oxidation sites excluding steroid dienone is 1. The number of carbonyl (C=O) groups is 5. The highest BCUT2D eigenvalue weighted by Crippen LogP contribution is 2.46. The van der Waals surface area contributed by atoms with E-state index in [1.165, 1.54) is 40.1 Å². The zero-order chi connectivity index (χ0) is 39.7. The Morgan fingerprint density at radius 3 is 2.49 bits per heavy atom. The first-order chi connectivity index (χ1) is 26.0. The third kappa shape index (κ3) is 9.23. The molecule has 2 fully saturated rings. The molecule has 3 N–H and O–H groups in total. The summed E-state index contributed by atoms with van der Waals surface area (Å²) in [6, 6.07) is 7.42. The van der Waals surface area contributed by atoms with Gasteiger partial charge in [0.2, 0.25) is 11.8 Å². The summed E-state index contributed by atoms with van der Waals surface area (Å²) >= 11 is 5.93. The fourth-order valence-electron chi connectivity index (χ4n) is 7.23. The van der Waals surface area contributed by atoms with E-state index in [0.717, 1.165) is 6.42 Å². The fourth-order valence-corrected chi connectivity index (χ4v) is 8.39. The van der Waals surface area contributed by atoms with Gasteiger partial charge in [-0.1, -0.05) is 48.7 Å². The molecule has 0 bridgehead atoms. The van der Waals surface area contributed by atoms with Crippen molar-refractivity contribution in [3.8, 4) is 0 Å². The Morgan fingerprint density at radius 2 is 1.78 bits per heavy atom. The van der Waals surface area contributed by atoms with Crippen molar-refractivity contribution in [2.75, 3.05) is 6.54 Å². The minimum absolute atomic E-state index is 0.0204. The van der Waals surface area contributed by atoms with E-state index in [9.17, 15) is 36.8 Å². The van der Waals surface area contributed by atoms with E-state index >= 15 is 0 Å². The largest absolute Gasteiger partial charge is 0.444 e. The summed E-state index contributed by atoms with van der Waals surface area (Å²) in [5.74, 6) is -3.36. The Kier molecular flexibility index (Phi) is 11.5. The van der Waals surface area contributed by atoms with Crippen molar-refractivity contribution in [1.82, 2.24) is 25.2 Å². The van der Waals surface area contributed by atoms with Crippen molar-refractivity contribution >= 4 is 51.5 Å². The molecule has 0 spiro atoms. The molecule has 2 aromatic carbocycles. The molecule has 4 aliphatic rings. The molecule has 296 valence electrons. The van der Waals surface area contributed by atoms with Crippen LogP contribution in [0.1, 0.15) is 76.8 Å². The SMILES string of the molecule is CC(C)(C)OC(=O)N[C@H]1CCCCCC=C[C@@H]2C[C@@]2(C(=O)NS(=O)(=O)c2ccc(Cl)cc2)NC(=O)[C@@H]2C[C@@H](OC(=O)N3Cc4cccc(F)c4C3)CN2C1=O.